The van der Waals surface area contributed by atoms with Gasteiger partial charge in [0.25, 0.3) is 15.8 Å². The third-order valence-electron chi connectivity index (χ3n) is 3.67. The zero-order valence-electron chi connectivity index (χ0n) is 15.7. The Hall–Kier alpha value is -2.80. The molecule has 2 aromatic rings. The summed E-state index contributed by atoms with van der Waals surface area (Å²) in [7, 11) is -7.54. The molecule has 30 heavy (non-hydrogen) atoms. The van der Waals surface area contributed by atoms with Gasteiger partial charge in [0.2, 0.25) is 0 Å². The summed E-state index contributed by atoms with van der Waals surface area (Å²) in [5.74, 6) is 0.443. The summed E-state index contributed by atoms with van der Waals surface area (Å²) in [5.41, 5.74) is -0.228. The highest BCUT2D eigenvalue weighted by molar-refractivity contribution is 7.94. The lowest BCUT2D eigenvalue weighted by Crippen LogP contribution is -2.14. The molecule has 0 aromatic heterocycles. The van der Waals surface area contributed by atoms with E-state index in [2.05, 4.69) is 6.58 Å². The van der Waals surface area contributed by atoms with E-state index in [1.54, 1.807) is 0 Å². The van der Waals surface area contributed by atoms with Crippen LogP contribution in [0.3, 0.4) is 0 Å². The molecule has 0 heterocycles. The smallest absolute Gasteiger partial charge is 0.297 e. The number of hydrogen-bond acceptors (Lipinski definition) is 9. The number of nitro groups is 1. The lowest BCUT2D eigenvalue weighted by atomic mass is 10.3. The van der Waals surface area contributed by atoms with Crippen LogP contribution in [-0.4, -0.2) is 48.2 Å². The Balaban J connectivity index is 1.69. The highest BCUT2D eigenvalue weighted by atomic mass is 32.2. The van der Waals surface area contributed by atoms with Crippen molar-refractivity contribution in [3.8, 4) is 5.75 Å². The highest BCUT2D eigenvalue weighted by Crippen LogP contribution is 2.18. The molecule has 12 heteroatoms. The molecule has 10 nitrogen and oxygen atoms in total. The van der Waals surface area contributed by atoms with E-state index in [4.69, 9.17) is 13.7 Å². The van der Waals surface area contributed by atoms with E-state index in [0.29, 0.717) is 5.75 Å². The molecule has 0 unspecified atom stereocenters. The molecule has 0 spiro atoms. The van der Waals surface area contributed by atoms with Gasteiger partial charge >= 0.3 is 0 Å². The van der Waals surface area contributed by atoms with E-state index < -0.39 is 24.9 Å². The van der Waals surface area contributed by atoms with E-state index in [1.807, 2.05) is 0 Å². The molecule has 0 aliphatic rings. The molecule has 0 aliphatic heterocycles. The zero-order chi connectivity index (χ0) is 22.2. The average Bonchev–Trinajstić information content (AvgIpc) is 2.73. The van der Waals surface area contributed by atoms with Gasteiger partial charge in [-0.25, -0.2) is 8.42 Å². The minimum absolute atomic E-state index is 0.0217. The van der Waals surface area contributed by atoms with E-state index >= 15 is 0 Å². The van der Waals surface area contributed by atoms with Crippen LogP contribution in [0, 0.1) is 10.1 Å². The Labute approximate surface area is 173 Å². The summed E-state index contributed by atoms with van der Waals surface area (Å²) < 4.78 is 62.6. The van der Waals surface area contributed by atoms with Gasteiger partial charge in [-0.3, -0.25) is 14.3 Å². The van der Waals surface area contributed by atoms with Crippen LogP contribution in [0.25, 0.3) is 0 Å². The molecule has 0 amide bonds. The van der Waals surface area contributed by atoms with Gasteiger partial charge in [-0.05, 0) is 36.4 Å². The first-order valence-electron chi connectivity index (χ1n) is 8.48. The predicted molar refractivity (Wildman–Crippen MR) is 106 cm³/mol. The van der Waals surface area contributed by atoms with Crippen molar-refractivity contribution in [2.45, 2.75) is 9.79 Å². The molecule has 0 aliphatic carbocycles. The Morgan fingerprint density at radius 2 is 1.43 bits per heavy atom. The molecule has 0 N–H and O–H groups in total. The van der Waals surface area contributed by atoms with Crippen LogP contribution in [0.4, 0.5) is 5.69 Å². The fourth-order valence-corrected chi connectivity index (χ4v) is 3.75. The molecule has 0 radical (unpaired) electrons. The van der Waals surface area contributed by atoms with Gasteiger partial charge < -0.3 is 9.47 Å². The van der Waals surface area contributed by atoms with Gasteiger partial charge in [0.05, 0.1) is 34.5 Å². The third-order valence-corrected chi connectivity index (χ3v) is 6.36. The fourth-order valence-electron chi connectivity index (χ4n) is 2.15. The summed E-state index contributed by atoms with van der Waals surface area (Å²) in [6, 6.07) is 10.1. The number of rotatable bonds is 12. The quantitative estimate of drug-likeness (QED) is 0.203. The van der Waals surface area contributed by atoms with Gasteiger partial charge in [0.1, 0.15) is 12.4 Å². The van der Waals surface area contributed by atoms with Crippen molar-refractivity contribution in [1.82, 2.24) is 0 Å². The summed E-state index contributed by atoms with van der Waals surface area (Å²) in [6.07, 6.45) is 0. The summed E-state index contributed by atoms with van der Waals surface area (Å²) in [6.45, 7) is 3.29. The minimum atomic E-state index is -4.05. The zero-order valence-corrected chi connectivity index (χ0v) is 17.3. The maximum Gasteiger partial charge on any atom is 0.297 e. The van der Waals surface area contributed by atoms with Crippen LogP contribution in [-0.2, 0) is 28.9 Å². The molecule has 0 saturated heterocycles. The second-order valence-electron chi connectivity index (χ2n) is 5.67. The molecule has 162 valence electrons. The number of sulfone groups is 1. The minimum Gasteiger partial charge on any atom is -0.491 e. The van der Waals surface area contributed by atoms with Crippen LogP contribution < -0.4 is 4.74 Å². The van der Waals surface area contributed by atoms with Crippen LogP contribution in [0.1, 0.15) is 0 Å². The summed E-state index contributed by atoms with van der Waals surface area (Å²) in [4.78, 5) is 9.86. The summed E-state index contributed by atoms with van der Waals surface area (Å²) >= 11 is 0. The topological polar surface area (TPSA) is 139 Å². The second kappa shape index (κ2) is 10.3. The highest BCUT2D eigenvalue weighted by Gasteiger charge is 2.16. The SMILES string of the molecule is C=CS(=O)(=O)c1ccc(OCCOCCOS(=O)(=O)c2ccc([N+](=O)[O-])cc2)cc1. The molecule has 0 fully saturated rings. The van der Waals surface area contributed by atoms with Gasteiger partial charge in [-0.15, -0.1) is 0 Å². The number of hydrogen-bond donors (Lipinski definition) is 0. The second-order valence-corrected chi connectivity index (χ2v) is 9.18. The van der Waals surface area contributed by atoms with Crippen molar-refractivity contribution < 1.29 is 35.4 Å². The average molecular weight is 457 g/mol. The standard InChI is InChI=1S/C18H19NO9S2/c1-2-29(22,23)17-9-5-16(6-10-17)27-13-11-26-12-14-28-30(24,25)18-7-3-15(4-8-18)19(20)21/h2-10H,1,11-14H2. The molecular formula is C18H19NO9S2. The van der Waals surface area contributed by atoms with Crippen molar-refractivity contribution in [1.29, 1.82) is 0 Å². The van der Waals surface area contributed by atoms with Crippen molar-refractivity contribution in [2.24, 2.45) is 0 Å². The van der Waals surface area contributed by atoms with E-state index in [1.165, 1.54) is 24.3 Å². The van der Waals surface area contributed by atoms with Crippen molar-refractivity contribution in [2.75, 3.05) is 26.4 Å². The molecule has 2 aromatic carbocycles. The van der Waals surface area contributed by atoms with Crippen molar-refractivity contribution >= 4 is 25.6 Å². The molecular weight excluding hydrogens is 438 g/mol. The van der Waals surface area contributed by atoms with Gasteiger partial charge in [0.15, 0.2) is 9.84 Å². The normalized spacial score (nSPS) is 11.7. The maximum absolute atomic E-state index is 12.0. The fraction of sp³-hybridized carbons (Fsp3) is 0.222. The van der Waals surface area contributed by atoms with E-state index in [-0.39, 0.29) is 41.9 Å². The van der Waals surface area contributed by atoms with Crippen LogP contribution in [0.15, 0.2) is 70.3 Å². The predicted octanol–water partition coefficient (Wildman–Crippen LogP) is 2.31. The van der Waals surface area contributed by atoms with Gasteiger partial charge in [0, 0.05) is 17.5 Å². The maximum atomic E-state index is 12.0. The lowest BCUT2D eigenvalue weighted by molar-refractivity contribution is -0.384. The van der Waals surface area contributed by atoms with E-state index in [9.17, 15) is 26.9 Å². The van der Waals surface area contributed by atoms with Crippen LogP contribution >= 0.6 is 0 Å². The summed E-state index contributed by atoms with van der Waals surface area (Å²) in [5, 5.41) is 11.4. The Morgan fingerprint density at radius 3 is 2.00 bits per heavy atom. The number of ether oxygens (including phenoxy) is 2. The molecule has 0 atom stereocenters. The lowest BCUT2D eigenvalue weighted by Gasteiger charge is -2.08. The number of nitro benzene ring substituents is 1. The van der Waals surface area contributed by atoms with Crippen molar-refractivity contribution in [3.63, 3.8) is 0 Å². The van der Waals surface area contributed by atoms with E-state index in [0.717, 1.165) is 29.7 Å². The van der Waals surface area contributed by atoms with Crippen LogP contribution in [0.5, 0.6) is 5.75 Å². The number of non-ortho nitro benzene ring substituents is 1. The largest absolute Gasteiger partial charge is 0.491 e. The first-order valence-corrected chi connectivity index (χ1v) is 11.4. The monoisotopic (exact) mass is 457 g/mol. The Morgan fingerprint density at radius 1 is 0.867 bits per heavy atom. The molecule has 2 rings (SSSR count). The van der Waals surface area contributed by atoms with Gasteiger partial charge in [-0.1, -0.05) is 6.58 Å². The Bertz CT molecular complexity index is 1080. The number of benzene rings is 2. The number of nitrogens with zero attached hydrogens (tertiary/aromatic N) is 1. The Kier molecular flexibility index (Phi) is 8.06. The van der Waals surface area contributed by atoms with Gasteiger partial charge in [-0.2, -0.15) is 8.42 Å². The first-order chi connectivity index (χ1) is 14.2. The first kappa shape index (κ1) is 23.5. The van der Waals surface area contributed by atoms with Crippen LogP contribution in [0.2, 0.25) is 0 Å². The third kappa shape index (κ3) is 6.62. The molecule has 0 saturated carbocycles. The molecule has 0 bridgehead atoms. The van der Waals surface area contributed by atoms with Crippen molar-refractivity contribution in [3.05, 3.63) is 70.6 Å².